The molecule has 104 valence electrons. The number of benzene rings is 2. The molecule has 3 rings (SSSR count). The summed E-state index contributed by atoms with van der Waals surface area (Å²) in [5, 5.41) is 4.75. The van der Waals surface area contributed by atoms with E-state index in [1.165, 1.54) is 5.56 Å². The summed E-state index contributed by atoms with van der Waals surface area (Å²) in [6.07, 6.45) is 2.04. The normalized spacial score (nSPS) is 16.7. The van der Waals surface area contributed by atoms with Crippen LogP contribution in [0.4, 0.5) is 0 Å². The lowest BCUT2D eigenvalue weighted by Crippen LogP contribution is -2.56. The summed E-state index contributed by atoms with van der Waals surface area (Å²) in [6, 6.07) is 16.5. The van der Waals surface area contributed by atoms with E-state index in [0.717, 1.165) is 31.5 Å². The first-order chi connectivity index (χ1) is 9.69. The van der Waals surface area contributed by atoms with Gasteiger partial charge in [-0.05, 0) is 30.0 Å². The Bertz CT molecular complexity index is 591. The quantitative estimate of drug-likeness (QED) is 0.884. The van der Waals surface area contributed by atoms with Crippen LogP contribution in [0.1, 0.15) is 11.1 Å². The van der Waals surface area contributed by atoms with Gasteiger partial charge in [0.25, 0.3) is 0 Å². The largest absolute Gasteiger partial charge is 0.315 e. The van der Waals surface area contributed by atoms with Crippen LogP contribution in [0, 0.1) is 5.41 Å². The molecule has 3 heteroatoms. The fraction of sp³-hybridized carbons (Fsp3) is 0.294. The van der Waals surface area contributed by atoms with Crippen LogP contribution in [0.25, 0.3) is 0 Å². The first-order valence-electron chi connectivity index (χ1n) is 6.86. The molecule has 2 aromatic rings. The molecule has 0 bridgehead atoms. The smallest absolute Gasteiger partial charge is 0.0624 e. The van der Waals surface area contributed by atoms with E-state index in [1.54, 1.807) is 0 Å². The molecule has 20 heavy (non-hydrogen) atoms. The van der Waals surface area contributed by atoms with Crippen LogP contribution in [0.3, 0.4) is 0 Å². The predicted molar refractivity (Wildman–Crippen MR) is 85.6 cm³/mol. The fourth-order valence-corrected chi connectivity index (χ4v) is 3.30. The molecule has 0 atom stereocenters. The summed E-state index contributed by atoms with van der Waals surface area (Å²) in [6.45, 7) is 2.06. The second kappa shape index (κ2) is 5.77. The van der Waals surface area contributed by atoms with E-state index >= 15 is 0 Å². The third-order valence-corrected chi connectivity index (χ3v) is 4.88. The van der Waals surface area contributed by atoms with Crippen molar-refractivity contribution in [3.05, 3.63) is 69.7 Å². The highest BCUT2D eigenvalue weighted by Gasteiger charge is 2.37. The average molecular weight is 306 g/mol. The first kappa shape index (κ1) is 13.9. The van der Waals surface area contributed by atoms with Gasteiger partial charge in [0, 0.05) is 18.5 Å². The van der Waals surface area contributed by atoms with Crippen LogP contribution >= 0.6 is 23.2 Å². The van der Waals surface area contributed by atoms with Crippen LogP contribution in [0.2, 0.25) is 10.0 Å². The highest BCUT2D eigenvalue weighted by Crippen LogP contribution is 2.36. The van der Waals surface area contributed by atoms with Gasteiger partial charge in [-0.25, -0.2) is 0 Å². The maximum absolute atomic E-state index is 6.33. The van der Waals surface area contributed by atoms with Crippen molar-refractivity contribution in [2.45, 2.75) is 12.8 Å². The third kappa shape index (κ3) is 2.85. The van der Waals surface area contributed by atoms with Crippen LogP contribution in [-0.2, 0) is 12.8 Å². The first-order valence-corrected chi connectivity index (χ1v) is 7.62. The molecule has 0 unspecified atom stereocenters. The number of halogens is 2. The molecule has 1 aliphatic heterocycles. The van der Waals surface area contributed by atoms with Crippen molar-refractivity contribution < 1.29 is 0 Å². The summed E-state index contributed by atoms with van der Waals surface area (Å²) in [5.74, 6) is 0. The van der Waals surface area contributed by atoms with E-state index in [-0.39, 0.29) is 5.41 Å². The van der Waals surface area contributed by atoms with Crippen LogP contribution < -0.4 is 5.32 Å². The van der Waals surface area contributed by atoms with Gasteiger partial charge in [-0.1, -0.05) is 65.7 Å². The Balaban J connectivity index is 1.81. The molecule has 1 aliphatic rings. The Morgan fingerprint density at radius 2 is 1.65 bits per heavy atom. The molecule has 1 heterocycles. The third-order valence-electron chi connectivity index (χ3n) is 4.02. The fourth-order valence-electron chi connectivity index (χ4n) is 2.91. The van der Waals surface area contributed by atoms with Crippen molar-refractivity contribution in [3.63, 3.8) is 0 Å². The molecule has 0 radical (unpaired) electrons. The molecule has 0 aromatic heterocycles. The zero-order valence-corrected chi connectivity index (χ0v) is 12.7. The van der Waals surface area contributed by atoms with Gasteiger partial charge in [-0.3, -0.25) is 0 Å². The van der Waals surface area contributed by atoms with Gasteiger partial charge in [0.1, 0.15) is 0 Å². The van der Waals surface area contributed by atoms with Crippen molar-refractivity contribution in [1.82, 2.24) is 5.32 Å². The molecule has 0 spiro atoms. The van der Waals surface area contributed by atoms with Gasteiger partial charge in [0.05, 0.1) is 10.0 Å². The minimum Gasteiger partial charge on any atom is -0.315 e. The van der Waals surface area contributed by atoms with Crippen molar-refractivity contribution in [1.29, 1.82) is 0 Å². The molecule has 1 N–H and O–H groups in total. The number of rotatable bonds is 4. The summed E-state index contributed by atoms with van der Waals surface area (Å²) < 4.78 is 0. The lowest BCUT2D eigenvalue weighted by molar-refractivity contribution is 0.167. The Morgan fingerprint density at radius 1 is 0.900 bits per heavy atom. The average Bonchev–Trinajstić information content (AvgIpc) is 2.42. The van der Waals surface area contributed by atoms with E-state index in [1.807, 2.05) is 12.1 Å². The highest BCUT2D eigenvalue weighted by molar-refractivity contribution is 6.42. The molecule has 1 saturated heterocycles. The molecule has 1 fully saturated rings. The summed E-state index contributed by atoms with van der Waals surface area (Å²) >= 11 is 12.4. The van der Waals surface area contributed by atoms with Crippen molar-refractivity contribution in [2.75, 3.05) is 13.1 Å². The topological polar surface area (TPSA) is 12.0 Å². The zero-order valence-electron chi connectivity index (χ0n) is 11.2. The van der Waals surface area contributed by atoms with Gasteiger partial charge in [-0.15, -0.1) is 0 Å². The van der Waals surface area contributed by atoms with Gasteiger partial charge in [-0.2, -0.15) is 0 Å². The van der Waals surface area contributed by atoms with Crippen molar-refractivity contribution in [3.8, 4) is 0 Å². The SMILES string of the molecule is Clc1cccc(CC2(Cc3ccccc3)CNC2)c1Cl. The van der Waals surface area contributed by atoms with E-state index < -0.39 is 0 Å². The summed E-state index contributed by atoms with van der Waals surface area (Å²) in [5.41, 5.74) is 2.79. The molecule has 0 saturated carbocycles. The van der Waals surface area contributed by atoms with Gasteiger partial charge < -0.3 is 5.32 Å². The number of hydrogen-bond acceptors (Lipinski definition) is 1. The minimum atomic E-state index is 0.260. The second-order valence-electron chi connectivity index (χ2n) is 5.66. The van der Waals surface area contributed by atoms with Crippen LogP contribution in [0.15, 0.2) is 48.5 Å². The van der Waals surface area contributed by atoms with Crippen molar-refractivity contribution in [2.24, 2.45) is 5.41 Å². The summed E-state index contributed by atoms with van der Waals surface area (Å²) in [4.78, 5) is 0. The molecule has 1 nitrogen and oxygen atoms in total. The Hall–Kier alpha value is -1.02. The van der Waals surface area contributed by atoms with Gasteiger partial charge in [0.15, 0.2) is 0 Å². The maximum Gasteiger partial charge on any atom is 0.0624 e. The highest BCUT2D eigenvalue weighted by atomic mass is 35.5. The van der Waals surface area contributed by atoms with Crippen molar-refractivity contribution >= 4 is 23.2 Å². The molecule has 2 aromatic carbocycles. The Labute approximate surface area is 129 Å². The van der Waals surface area contributed by atoms with Gasteiger partial charge in [0.2, 0.25) is 0 Å². The molecule has 0 amide bonds. The van der Waals surface area contributed by atoms with Gasteiger partial charge >= 0.3 is 0 Å². The number of hydrogen-bond donors (Lipinski definition) is 1. The van der Waals surface area contributed by atoms with Crippen LogP contribution in [-0.4, -0.2) is 13.1 Å². The lowest BCUT2D eigenvalue weighted by atomic mass is 9.72. The molecular weight excluding hydrogens is 289 g/mol. The zero-order chi connectivity index (χ0) is 14.0. The van der Waals surface area contributed by atoms with Crippen LogP contribution in [0.5, 0.6) is 0 Å². The molecule has 0 aliphatic carbocycles. The van der Waals surface area contributed by atoms with E-state index in [0.29, 0.717) is 10.0 Å². The Morgan fingerprint density at radius 3 is 2.30 bits per heavy atom. The Kier molecular flexibility index (Phi) is 4.02. The van der Waals surface area contributed by atoms with E-state index in [4.69, 9.17) is 23.2 Å². The second-order valence-corrected chi connectivity index (χ2v) is 6.44. The monoisotopic (exact) mass is 305 g/mol. The minimum absolute atomic E-state index is 0.260. The van der Waals surface area contributed by atoms with E-state index in [9.17, 15) is 0 Å². The molecular formula is C17H17Cl2N. The maximum atomic E-state index is 6.33. The lowest BCUT2D eigenvalue weighted by Gasteiger charge is -2.43. The number of nitrogens with one attached hydrogen (secondary N) is 1. The predicted octanol–water partition coefficient (Wildman–Crippen LogP) is 4.37. The summed E-state index contributed by atoms with van der Waals surface area (Å²) in [7, 11) is 0. The van der Waals surface area contributed by atoms with E-state index in [2.05, 4.69) is 41.7 Å². The standard InChI is InChI=1S/C17H17Cl2N/c18-15-8-4-7-14(16(15)19)10-17(11-20-12-17)9-13-5-2-1-3-6-13/h1-8,20H,9-12H2.